The molecule has 0 saturated carbocycles. The summed E-state index contributed by atoms with van der Waals surface area (Å²) in [5.74, 6) is 0. The molecule has 1 atom stereocenters. The predicted octanol–water partition coefficient (Wildman–Crippen LogP) is 4.70. The van der Waals surface area contributed by atoms with Crippen molar-refractivity contribution in [3.05, 3.63) is 108 Å². The number of ether oxygens (including phenoxy) is 1. The van der Waals surface area contributed by atoms with Gasteiger partial charge in [-0.1, -0.05) is 91.0 Å². The second-order valence-electron chi connectivity index (χ2n) is 5.38. The molecule has 0 amide bonds. The van der Waals surface area contributed by atoms with Crippen molar-refractivity contribution in [3.8, 4) is 0 Å². The third kappa shape index (κ3) is 1.98. The average molecular weight is 272 g/mol. The molecule has 1 aliphatic heterocycles. The maximum atomic E-state index is 6.26. The van der Waals surface area contributed by atoms with E-state index in [0.29, 0.717) is 0 Å². The molecular weight excluding hydrogens is 256 g/mol. The minimum absolute atomic E-state index is 0.0866. The molecule has 1 heterocycles. The molecule has 1 saturated heterocycles. The van der Waals surface area contributed by atoms with E-state index in [4.69, 9.17) is 4.74 Å². The molecule has 1 aliphatic rings. The summed E-state index contributed by atoms with van der Waals surface area (Å²) in [6.45, 7) is 0. The predicted molar refractivity (Wildman–Crippen MR) is 83.9 cm³/mol. The minimum atomic E-state index is -0.343. The summed E-state index contributed by atoms with van der Waals surface area (Å²) in [6, 6.07) is 31.4. The Morgan fingerprint density at radius 3 is 1.48 bits per heavy atom. The molecule has 0 radical (unpaired) electrons. The normalized spacial score (nSPS) is 19.1. The number of hydrogen-bond donors (Lipinski definition) is 0. The van der Waals surface area contributed by atoms with Gasteiger partial charge in [-0.05, 0) is 16.7 Å². The van der Waals surface area contributed by atoms with Gasteiger partial charge in [0.15, 0.2) is 0 Å². The molecule has 4 rings (SSSR count). The molecular formula is C20H16O. The molecule has 1 fully saturated rings. The van der Waals surface area contributed by atoms with Crippen molar-refractivity contribution < 1.29 is 4.74 Å². The van der Waals surface area contributed by atoms with Crippen LogP contribution >= 0.6 is 0 Å². The van der Waals surface area contributed by atoms with Crippen molar-refractivity contribution in [2.75, 3.05) is 0 Å². The van der Waals surface area contributed by atoms with E-state index in [1.54, 1.807) is 0 Å². The largest absolute Gasteiger partial charge is 0.351 e. The Hall–Kier alpha value is -2.38. The van der Waals surface area contributed by atoms with Gasteiger partial charge >= 0.3 is 0 Å². The van der Waals surface area contributed by atoms with Gasteiger partial charge in [0.1, 0.15) is 11.7 Å². The zero-order valence-electron chi connectivity index (χ0n) is 11.6. The highest BCUT2D eigenvalue weighted by Crippen LogP contribution is 2.60. The second kappa shape index (κ2) is 4.87. The lowest BCUT2D eigenvalue weighted by Crippen LogP contribution is -2.12. The third-order valence-corrected chi connectivity index (χ3v) is 4.12. The molecule has 3 aromatic rings. The fraction of sp³-hybridized carbons (Fsp3) is 0.100. The Labute approximate surface area is 124 Å². The van der Waals surface area contributed by atoms with Gasteiger partial charge < -0.3 is 4.74 Å². The van der Waals surface area contributed by atoms with Crippen molar-refractivity contribution in [3.63, 3.8) is 0 Å². The maximum absolute atomic E-state index is 6.26. The van der Waals surface area contributed by atoms with Crippen LogP contribution in [0.2, 0.25) is 0 Å². The second-order valence-corrected chi connectivity index (χ2v) is 5.38. The summed E-state index contributed by atoms with van der Waals surface area (Å²) >= 11 is 0. The Bertz CT molecular complexity index is 680. The number of rotatable bonds is 3. The Kier molecular flexibility index (Phi) is 2.87. The summed E-state index contributed by atoms with van der Waals surface area (Å²) in [7, 11) is 0. The smallest absolute Gasteiger partial charge is 0.149 e. The van der Waals surface area contributed by atoms with Crippen LogP contribution < -0.4 is 0 Å². The number of epoxide rings is 1. The van der Waals surface area contributed by atoms with Crippen LogP contribution in [0, 0.1) is 0 Å². The molecule has 3 aromatic carbocycles. The molecule has 0 aliphatic carbocycles. The molecule has 1 heteroatoms. The van der Waals surface area contributed by atoms with E-state index in [-0.39, 0.29) is 11.7 Å². The van der Waals surface area contributed by atoms with E-state index in [1.165, 1.54) is 16.7 Å². The zero-order valence-corrected chi connectivity index (χ0v) is 11.6. The van der Waals surface area contributed by atoms with E-state index in [0.717, 1.165) is 0 Å². The molecule has 21 heavy (non-hydrogen) atoms. The first kappa shape index (κ1) is 12.4. The molecule has 0 unspecified atom stereocenters. The highest BCUT2D eigenvalue weighted by atomic mass is 16.6. The van der Waals surface area contributed by atoms with E-state index < -0.39 is 0 Å². The van der Waals surface area contributed by atoms with Gasteiger partial charge in [0.2, 0.25) is 0 Å². The third-order valence-electron chi connectivity index (χ3n) is 4.12. The fourth-order valence-electron chi connectivity index (χ4n) is 3.06. The number of benzene rings is 3. The fourth-order valence-corrected chi connectivity index (χ4v) is 3.06. The van der Waals surface area contributed by atoms with Gasteiger partial charge in [-0.2, -0.15) is 0 Å². The van der Waals surface area contributed by atoms with Crippen LogP contribution in [0.5, 0.6) is 0 Å². The zero-order chi connectivity index (χ0) is 14.1. The maximum Gasteiger partial charge on any atom is 0.149 e. The van der Waals surface area contributed by atoms with Gasteiger partial charge in [0, 0.05) is 0 Å². The Morgan fingerprint density at radius 1 is 0.571 bits per heavy atom. The van der Waals surface area contributed by atoms with E-state index in [9.17, 15) is 0 Å². The first-order valence-electron chi connectivity index (χ1n) is 7.25. The molecule has 1 nitrogen and oxygen atoms in total. The summed E-state index contributed by atoms with van der Waals surface area (Å²) in [5, 5.41) is 0. The first-order valence-corrected chi connectivity index (χ1v) is 7.25. The van der Waals surface area contributed by atoms with Crippen LogP contribution in [0.15, 0.2) is 91.0 Å². The van der Waals surface area contributed by atoms with E-state index in [1.807, 2.05) is 18.2 Å². The lowest BCUT2D eigenvalue weighted by molar-refractivity contribution is 0.329. The molecule has 102 valence electrons. The van der Waals surface area contributed by atoms with Gasteiger partial charge in [0.05, 0.1) is 0 Å². The molecule has 0 N–H and O–H groups in total. The highest BCUT2D eigenvalue weighted by molar-refractivity contribution is 5.46. The standard InChI is InChI=1S/C20H16O/c1-4-10-16(11-5-1)19-20(21-19,17-12-6-2-7-13-17)18-14-8-3-9-15-18/h1-15,19H/t19-/m0/s1. The van der Waals surface area contributed by atoms with Gasteiger partial charge in [0.25, 0.3) is 0 Å². The van der Waals surface area contributed by atoms with Gasteiger partial charge in [-0.15, -0.1) is 0 Å². The van der Waals surface area contributed by atoms with Crippen molar-refractivity contribution in [1.82, 2.24) is 0 Å². The lowest BCUT2D eigenvalue weighted by Gasteiger charge is -2.14. The van der Waals surface area contributed by atoms with Crippen LogP contribution in [-0.2, 0) is 10.3 Å². The molecule has 0 aromatic heterocycles. The first-order chi connectivity index (χ1) is 10.4. The van der Waals surface area contributed by atoms with Crippen LogP contribution in [0.3, 0.4) is 0 Å². The van der Waals surface area contributed by atoms with Crippen LogP contribution in [0.25, 0.3) is 0 Å². The Morgan fingerprint density at radius 2 is 1.00 bits per heavy atom. The SMILES string of the molecule is c1ccc([C@@H]2OC2(c2ccccc2)c2ccccc2)cc1. The summed E-state index contributed by atoms with van der Waals surface area (Å²) in [6.07, 6.45) is 0.0866. The van der Waals surface area contributed by atoms with Crippen molar-refractivity contribution in [2.24, 2.45) is 0 Å². The number of hydrogen-bond acceptors (Lipinski definition) is 1. The van der Waals surface area contributed by atoms with Crippen LogP contribution in [-0.4, -0.2) is 0 Å². The van der Waals surface area contributed by atoms with E-state index >= 15 is 0 Å². The van der Waals surface area contributed by atoms with Crippen LogP contribution in [0.1, 0.15) is 22.8 Å². The minimum Gasteiger partial charge on any atom is -0.351 e. The van der Waals surface area contributed by atoms with Gasteiger partial charge in [-0.25, -0.2) is 0 Å². The van der Waals surface area contributed by atoms with Crippen LogP contribution in [0.4, 0.5) is 0 Å². The van der Waals surface area contributed by atoms with Crippen molar-refractivity contribution in [2.45, 2.75) is 11.7 Å². The summed E-state index contributed by atoms with van der Waals surface area (Å²) in [4.78, 5) is 0. The van der Waals surface area contributed by atoms with Crippen molar-refractivity contribution in [1.29, 1.82) is 0 Å². The summed E-state index contributed by atoms with van der Waals surface area (Å²) < 4.78 is 6.26. The topological polar surface area (TPSA) is 12.5 Å². The quantitative estimate of drug-likeness (QED) is 0.629. The van der Waals surface area contributed by atoms with Gasteiger partial charge in [-0.3, -0.25) is 0 Å². The van der Waals surface area contributed by atoms with Crippen molar-refractivity contribution >= 4 is 0 Å². The van der Waals surface area contributed by atoms with E-state index in [2.05, 4.69) is 72.8 Å². The highest BCUT2D eigenvalue weighted by Gasteiger charge is 2.59. The lowest BCUT2D eigenvalue weighted by atomic mass is 9.85. The Balaban J connectivity index is 1.83. The molecule has 0 bridgehead atoms. The summed E-state index contributed by atoms with van der Waals surface area (Å²) in [5.41, 5.74) is 3.31. The average Bonchev–Trinajstić information content (AvgIpc) is 3.34. The molecule has 0 spiro atoms. The monoisotopic (exact) mass is 272 g/mol.